The fourth-order valence-electron chi connectivity index (χ4n) is 2.82. The van der Waals surface area contributed by atoms with Crippen LogP contribution in [0.25, 0.3) is 0 Å². The fraction of sp³-hybridized carbons (Fsp3) is 0.533. The Hall–Kier alpha value is -2.35. The Morgan fingerprint density at radius 1 is 1.35 bits per heavy atom. The first-order valence-corrected chi connectivity index (χ1v) is 7.58. The van der Waals surface area contributed by atoms with Crippen LogP contribution in [0.4, 0.5) is 16.2 Å². The molecule has 0 radical (unpaired) electrons. The molecule has 1 fully saturated rings. The van der Waals surface area contributed by atoms with Gasteiger partial charge in [0, 0.05) is 37.8 Å². The minimum Gasteiger partial charge on any atom is -0.449 e. The van der Waals surface area contributed by atoms with Crippen molar-refractivity contribution in [2.24, 2.45) is 0 Å². The van der Waals surface area contributed by atoms with Gasteiger partial charge in [0.1, 0.15) is 11.4 Å². The molecule has 126 valence electrons. The van der Waals surface area contributed by atoms with Crippen LogP contribution in [0.15, 0.2) is 12.1 Å². The Bertz CT molecular complexity index is 597. The largest absolute Gasteiger partial charge is 0.511 e. The fourth-order valence-corrected chi connectivity index (χ4v) is 2.82. The molecule has 0 spiro atoms. The molecule has 1 heterocycles. The predicted octanol–water partition coefficient (Wildman–Crippen LogP) is 2.36. The molecule has 0 saturated carbocycles. The molecule has 23 heavy (non-hydrogen) atoms. The van der Waals surface area contributed by atoms with Crippen molar-refractivity contribution in [3.05, 3.63) is 27.8 Å². The maximum absolute atomic E-state index is 11.4. The number of benzene rings is 1. The third-order valence-corrected chi connectivity index (χ3v) is 3.93. The van der Waals surface area contributed by atoms with E-state index >= 15 is 0 Å². The molecule has 1 aliphatic heterocycles. The highest BCUT2D eigenvalue weighted by Crippen LogP contribution is 2.39. The second kappa shape index (κ2) is 7.28. The first-order valence-electron chi connectivity index (χ1n) is 7.58. The van der Waals surface area contributed by atoms with Gasteiger partial charge < -0.3 is 19.6 Å². The molecular weight excluding hydrogens is 302 g/mol. The number of nitro groups is 1. The van der Waals surface area contributed by atoms with Crippen molar-refractivity contribution in [3.63, 3.8) is 0 Å². The van der Waals surface area contributed by atoms with Gasteiger partial charge in [-0.3, -0.25) is 10.1 Å². The molecule has 8 nitrogen and oxygen atoms in total. The van der Waals surface area contributed by atoms with Crippen LogP contribution in [0.5, 0.6) is 5.75 Å². The van der Waals surface area contributed by atoms with Crippen LogP contribution in [0.3, 0.4) is 0 Å². The zero-order valence-corrected chi connectivity index (χ0v) is 13.3. The standard InChI is InChI=1S/C15H21N3O5/c1-3-4-11-13(23-15(19)20)6-5-12(18(21)22)14(11)17-9-7-16(2)8-10-17/h5-6H,3-4,7-10H2,1-2H3,(H,19,20). The molecule has 1 saturated heterocycles. The molecule has 0 aliphatic carbocycles. The number of piperazine rings is 1. The van der Waals surface area contributed by atoms with Gasteiger partial charge in [0.2, 0.25) is 0 Å². The van der Waals surface area contributed by atoms with Crippen molar-refractivity contribution in [3.8, 4) is 5.75 Å². The van der Waals surface area contributed by atoms with Crippen molar-refractivity contribution in [1.82, 2.24) is 4.90 Å². The molecule has 0 amide bonds. The molecular formula is C15H21N3O5. The van der Waals surface area contributed by atoms with Gasteiger partial charge in [0.05, 0.1) is 4.92 Å². The highest BCUT2D eigenvalue weighted by Gasteiger charge is 2.28. The average molecular weight is 323 g/mol. The highest BCUT2D eigenvalue weighted by molar-refractivity contribution is 5.74. The number of carbonyl (C=O) groups is 1. The van der Waals surface area contributed by atoms with Crippen molar-refractivity contribution in [1.29, 1.82) is 0 Å². The van der Waals surface area contributed by atoms with E-state index in [0.717, 1.165) is 19.5 Å². The Morgan fingerprint density at radius 2 is 2.00 bits per heavy atom. The van der Waals surface area contributed by atoms with Gasteiger partial charge in [-0.25, -0.2) is 4.79 Å². The number of ether oxygens (including phenoxy) is 1. The second-order valence-corrected chi connectivity index (χ2v) is 5.58. The summed E-state index contributed by atoms with van der Waals surface area (Å²) in [6.45, 7) is 4.85. The normalized spacial score (nSPS) is 15.5. The Labute approximate surface area is 134 Å². The summed E-state index contributed by atoms with van der Waals surface area (Å²) in [6.07, 6.45) is -0.162. The van der Waals surface area contributed by atoms with E-state index in [1.54, 1.807) is 0 Å². The van der Waals surface area contributed by atoms with Gasteiger partial charge in [0.15, 0.2) is 0 Å². The average Bonchev–Trinajstić information content (AvgIpc) is 2.49. The summed E-state index contributed by atoms with van der Waals surface area (Å²) in [5.74, 6) is 0.180. The van der Waals surface area contributed by atoms with Gasteiger partial charge in [-0.15, -0.1) is 0 Å². The third-order valence-electron chi connectivity index (χ3n) is 3.93. The van der Waals surface area contributed by atoms with E-state index in [1.807, 2.05) is 18.9 Å². The number of hydrogen-bond donors (Lipinski definition) is 1. The zero-order chi connectivity index (χ0) is 17.0. The topological polar surface area (TPSA) is 96.1 Å². The van der Waals surface area contributed by atoms with Crippen molar-refractivity contribution >= 4 is 17.5 Å². The Balaban J connectivity index is 2.52. The molecule has 0 bridgehead atoms. The van der Waals surface area contributed by atoms with Gasteiger partial charge in [-0.05, 0) is 19.5 Å². The smallest absolute Gasteiger partial charge is 0.449 e. The molecule has 1 aromatic rings. The molecule has 1 aliphatic rings. The Kier molecular flexibility index (Phi) is 5.38. The molecule has 0 atom stereocenters. The number of carboxylic acid groups (broad SMARTS) is 1. The summed E-state index contributed by atoms with van der Waals surface area (Å²) in [7, 11) is 2.00. The number of anilines is 1. The first kappa shape index (κ1) is 17.0. The van der Waals surface area contributed by atoms with E-state index in [9.17, 15) is 14.9 Å². The van der Waals surface area contributed by atoms with Crippen LogP contribution in [0, 0.1) is 10.1 Å². The summed E-state index contributed by atoms with van der Waals surface area (Å²) in [4.78, 5) is 26.0. The van der Waals surface area contributed by atoms with Crippen LogP contribution in [0.1, 0.15) is 18.9 Å². The Morgan fingerprint density at radius 3 is 2.52 bits per heavy atom. The van der Waals surface area contributed by atoms with Crippen LogP contribution in [0.2, 0.25) is 0 Å². The molecule has 2 rings (SSSR count). The maximum Gasteiger partial charge on any atom is 0.511 e. The molecule has 0 aromatic heterocycles. The van der Waals surface area contributed by atoms with Crippen molar-refractivity contribution in [2.45, 2.75) is 19.8 Å². The molecule has 1 N–H and O–H groups in total. The van der Waals surface area contributed by atoms with Gasteiger partial charge >= 0.3 is 6.16 Å². The lowest BCUT2D eigenvalue weighted by molar-refractivity contribution is -0.384. The zero-order valence-electron chi connectivity index (χ0n) is 13.3. The summed E-state index contributed by atoms with van der Waals surface area (Å²) >= 11 is 0. The van der Waals surface area contributed by atoms with E-state index < -0.39 is 11.1 Å². The maximum atomic E-state index is 11.4. The van der Waals surface area contributed by atoms with E-state index in [2.05, 4.69) is 4.90 Å². The van der Waals surface area contributed by atoms with E-state index in [4.69, 9.17) is 9.84 Å². The number of nitro benzene ring substituents is 1. The summed E-state index contributed by atoms with van der Waals surface area (Å²) in [6, 6.07) is 2.70. The summed E-state index contributed by atoms with van der Waals surface area (Å²) in [5.41, 5.74) is 1.08. The van der Waals surface area contributed by atoms with Crippen LogP contribution < -0.4 is 9.64 Å². The molecule has 8 heteroatoms. The number of likely N-dealkylation sites (N-methyl/N-ethyl adjacent to an activating group) is 1. The minimum absolute atomic E-state index is 0.00394. The van der Waals surface area contributed by atoms with Crippen LogP contribution in [-0.2, 0) is 6.42 Å². The lowest BCUT2D eigenvalue weighted by Crippen LogP contribution is -2.45. The monoisotopic (exact) mass is 323 g/mol. The molecule has 1 aromatic carbocycles. The van der Waals surface area contributed by atoms with E-state index in [1.165, 1.54) is 12.1 Å². The second-order valence-electron chi connectivity index (χ2n) is 5.58. The van der Waals surface area contributed by atoms with Crippen molar-refractivity contribution < 1.29 is 19.6 Å². The van der Waals surface area contributed by atoms with E-state index in [-0.39, 0.29) is 11.4 Å². The van der Waals surface area contributed by atoms with Crippen LogP contribution >= 0.6 is 0 Å². The lowest BCUT2D eigenvalue weighted by atomic mass is 10.0. The number of hydrogen-bond acceptors (Lipinski definition) is 6. The highest BCUT2D eigenvalue weighted by atomic mass is 16.7. The quantitative estimate of drug-likeness (QED) is 0.384. The van der Waals surface area contributed by atoms with Crippen LogP contribution in [-0.4, -0.2) is 54.3 Å². The predicted molar refractivity (Wildman–Crippen MR) is 85.5 cm³/mol. The number of nitrogens with zero attached hydrogens (tertiary/aromatic N) is 3. The lowest BCUT2D eigenvalue weighted by Gasteiger charge is -2.35. The summed E-state index contributed by atoms with van der Waals surface area (Å²) in [5, 5.41) is 20.3. The first-order chi connectivity index (χ1) is 10.9. The number of rotatable bonds is 5. The third kappa shape index (κ3) is 3.89. The summed E-state index contributed by atoms with van der Waals surface area (Å²) < 4.78 is 4.84. The minimum atomic E-state index is -1.42. The van der Waals surface area contributed by atoms with Gasteiger partial charge in [0.25, 0.3) is 5.69 Å². The SMILES string of the molecule is CCCc1c(OC(=O)O)ccc([N+](=O)[O-])c1N1CCN(C)CC1. The van der Waals surface area contributed by atoms with Gasteiger partial charge in [-0.1, -0.05) is 13.3 Å². The molecule has 0 unspecified atom stereocenters. The van der Waals surface area contributed by atoms with Crippen molar-refractivity contribution in [2.75, 3.05) is 38.1 Å². The van der Waals surface area contributed by atoms with E-state index in [0.29, 0.717) is 30.8 Å². The van der Waals surface area contributed by atoms with Gasteiger partial charge in [-0.2, -0.15) is 0 Å².